The maximum absolute atomic E-state index is 13.0. The summed E-state index contributed by atoms with van der Waals surface area (Å²) in [7, 11) is 0. The number of nitrogens with two attached hydrogens (primary N) is 1. The lowest BCUT2D eigenvalue weighted by Crippen LogP contribution is -2.43. The van der Waals surface area contributed by atoms with E-state index in [1.54, 1.807) is 0 Å². The molecule has 0 bridgehead atoms. The second-order valence-corrected chi connectivity index (χ2v) is 6.66. The van der Waals surface area contributed by atoms with Crippen molar-refractivity contribution in [1.29, 1.82) is 0 Å². The predicted octanol–water partition coefficient (Wildman–Crippen LogP) is 3.34. The van der Waals surface area contributed by atoms with Gasteiger partial charge in [-0.3, -0.25) is 4.90 Å². The van der Waals surface area contributed by atoms with Gasteiger partial charge in [0.2, 0.25) is 0 Å². The van der Waals surface area contributed by atoms with Crippen LogP contribution in [-0.2, 0) is 0 Å². The summed E-state index contributed by atoms with van der Waals surface area (Å²) in [5.74, 6) is 1.58. The van der Waals surface area contributed by atoms with Crippen LogP contribution in [0.15, 0.2) is 24.3 Å². The van der Waals surface area contributed by atoms with Gasteiger partial charge in [-0.15, -0.1) is 0 Å². The first-order valence-corrected chi connectivity index (χ1v) is 7.88. The molecule has 0 amide bonds. The molecular weight excluding hydrogens is 251 g/mol. The van der Waals surface area contributed by atoms with E-state index in [2.05, 4.69) is 11.8 Å². The molecule has 2 N–H and O–H groups in total. The maximum Gasteiger partial charge on any atom is 0.123 e. The Kier molecular flexibility index (Phi) is 4.08. The van der Waals surface area contributed by atoms with Crippen LogP contribution in [0, 0.1) is 17.7 Å². The normalized spacial score (nSPS) is 22.0. The molecule has 2 nitrogen and oxygen atoms in total. The summed E-state index contributed by atoms with van der Waals surface area (Å²) in [6, 6.07) is 6.95. The van der Waals surface area contributed by atoms with E-state index in [1.807, 2.05) is 12.1 Å². The highest BCUT2D eigenvalue weighted by atomic mass is 19.1. The fourth-order valence-electron chi connectivity index (χ4n) is 2.86. The number of rotatable bonds is 7. The molecule has 0 aromatic heterocycles. The average Bonchev–Trinajstić information content (AvgIpc) is 3.32. The minimum atomic E-state index is -0.193. The first-order valence-electron chi connectivity index (χ1n) is 7.88. The van der Waals surface area contributed by atoms with Gasteiger partial charge in [-0.25, -0.2) is 4.39 Å². The Bertz CT molecular complexity index is 423. The summed E-state index contributed by atoms with van der Waals surface area (Å²) < 4.78 is 13.0. The van der Waals surface area contributed by atoms with Crippen LogP contribution in [0.4, 0.5) is 4.39 Å². The molecule has 0 heterocycles. The highest BCUT2D eigenvalue weighted by Gasteiger charge is 2.33. The highest BCUT2D eigenvalue weighted by molar-refractivity contribution is 5.21. The van der Waals surface area contributed by atoms with Crippen LogP contribution in [0.2, 0.25) is 0 Å². The van der Waals surface area contributed by atoms with Gasteiger partial charge in [0.05, 0.1) is 0 Å². The minimum Gasteiger partial charge on any atom is -0.323 e. The second-order valence-electron chi connectivity index (χ2n) is 6.66. The molecule has 3 rings (SSSR count). The zero-order valence-corrected chi connectivity index (χ0v) is 12.3. The first kappa shape index (κ1) is 14.0. The summed E-state index contributed by atoms with van der Waals surface area (Å²) in [6.45, 7) is 4.60. The lowest BCUT2D eigenvalue weighted by Gasteiger charge is -2.33. The van der Waals surface area contributed by atoms with Gasteiger partial charge in [0, 0.05) is 25.2 Å². The number of hydrogen-bond acceptors (Lipinski definition) is 2. The molecule has 2 aliphatic rings. The monoisotopic (exact) mass is 276 g/mol. The number of nitrogens with zero attached hydrogens (tertiary/aromatic N) is 1. The van der Waals surface area contributed by atoms with Crippen molar-refractivity contribution in [2.24, 2.45) is 17.6 Å². The molecular formula is C17H25FN2. The molecule has 0 saturated heterocycles. The number of hydrogen-bond donors (Lipinski definition) is 1. The van der Waals surface area contributed by atoms with Crippen molar-refractivity contribution in [2.75, 3.05) is 13.1 Å². The van der Waals surface area contributed by atoms with Crippen molar-refractivity contribution in [3.63, 3.8) is 0 Å². The third-order valence-electron chi connectivity index (χ3n) is 4.73. The Morgan fingerprint density at radius 2 is 1.60 bits per heavy atom. The van der Waals surface area contributed by atoms with E-state index in [-0.39, 0.29) is 11.9 Å². The van der Waals surface area contributed by atoms with E-state index >= 15 is 0 Å². The Balaban J connectivity index is 1.66. The average molecular weight is 276 g/mol. The zero-order valence-electron chi connectivity index (χ0n) is 12.3. The van der Waals surface area contributed by atoms with Gasteiger partial charge in [0.1, 0.15) is 5.82 Å². The fraction of sp³-hybridized carbons (Fsp3) is 0.647. The van der Waals surface area contributed by atoms with Crippen LogP contribution >= 0.6 is 0 Å². The van der Waals surface area contributed by atoms with Crippen LogP contribution in [0.5, 0.6) is 0 Å². The molecule has 2 saturated carbocycles. The van der Waals surface area contributed by atoms with Crippen LogP contribution in [-0.4, -0.2) is 24.0 Å². The summed E-state index contributed by atoms with van der Waals surface area (Å²) in [6.07, 6.45) is 5.50. The molecule has 1 aromatic carbocycles. The van der Waals surface area contributed by atoms with Crippen LogP contribution < -0.4 is 5.73 Å². The molecule has 1 aromatic rings. The standard InChI is InChI=1S/C17H25FN2/c1-12(17(19)15-6-8-16(18)9-7-15)20(10-13-2-3-13)11-14-4-5-14/h6-9,12-14,17H,2-5,10-11,19H2,1H3. The smallest absolute Gasteiger partial charge is 0.123 e. The number of benzene rings is 1. The van der Waals surface area contributed by atoms with Crippen molar-refractivity contribution in [3.8, 4) is 0 Å². The lowest BCUT2D eigenvalue weighted by atomic mass is 9.99. The predicted molar refractivity (Wildman–Crippen MR) is 79.8 cm³/mol. The molecule has 0 aliphatic heterocycles. The fourth-order valence-corrected chi connectivity index (χ4v) is 2.86. The van der Waals surface area contributed by atoms with Crippen molar-refractivity contribution in [2.45, 2.75) is 44.7 Å². The van der Waals surface area contributed by atoms with Crippen LogP contribution in [0.3, 0.4) is 0 Å². The van der Waals surface area contributed by atoms with Gasteiger partial charge in [0.25, 0.3) is 0 Å². The van der Waals surface area contributed by atoms with Gasteiger partial charge < -0.3 is 5.73 Å². The van der Waals surface area contributed by atoms with Crippen molar-refractivity contribution in [1.82, 2.24) is 4.90 Å². The minimum absolute atomic E-state index is 0.0342. The summed E-state index contributed by atoms with van der Waals surface area (Å²) in [5.41, 5.74) is 7.46. The Hall–Kier alpha value is -0.930. The van der Waals surface area contributed by atoms with Crippen LogP contribution in [0.25, 0.3) is 0 Å². The van der Waals surface area contributed by atoms with E-state index in [1.165, 1.54) is 50.9 Å². The van der Waals surface area contributed by atoms with Gasteiger partial charge in [0.15, 0.2) is 0 Å². The van der Waals surface area contributed by atoms with Gasteiger partial charge in [-0.2, -0.15) is 0 Å². The molecule has 2 aliphatic carbocycles. The molecule has 2 fully saturated rings. The van der Waals surface area contributed by atoms with E-state index in [0.29, 0.717) is 6.04 Å². The highest BCUT2D eigenvalue weighted by Crippen LogP contribution is 2.35. The lowest BCUT2D eigenvalue weighted by molar-refractivity contribution is 0.169. The third-order valence-corrected chi connectivity index (χ3v) is 4.73. The van der Waals surface area contributed by atoms with Gasteiger partial charge in [-0.05, 0) is 62.1 Å². The van der Waals surface area contributed by atoms with Crippen molar-refractivity contribution in [3.05, 3.63) is 35.6 Å². The van der Waals surface area contributed by atoms with E-state index in [0.717, 1.165) is 17.4 Å². The molecule has 3 heteroatoms. The summed E-state index contributed by atoms with van der Waals surface area (Å²) in [4.78, 5) is 2.57. The maximum atomic E-state index is 13.0. The Morgan fingerprint density at radius 1 is 1.10 bits per heavy atom. The van der Waals surface area contributed by atoms with E-state index < -0.39 is 0 Å². The van der Waals surface area contributed by atoms with E-state index in [9.17, 15) is 4.39 Å². The summed E-state index contributed by atoms with van der Waals surface area (Å²) in [5, 5.41) is 0. The van der Waals surface area contributed by atoms with Gasteiger partial charge in [-0.1, -0.05) is 12.1 Å². The Labute approximate surface area is 121 Å². The molecule has 2 atom stereocenters. The molecule has 0 radical (unpaired) electrons. The molecule has 110 valence electrons. The SMILES string of the molecule is CC(C(N)c1ccc(F)cc1)N(CC1CC1)CC1CC1. The first-order chi connectivity index (χ1) is 9.63. The second kappa shape index (κ2) is 5.82. The topological polar surface area (TPSA) is 29.3 Å². The van der Waals surface area contributed by atoms with Crippen molar-refractivity contribution >= 4 is 0 Å². The van der Waals surface area contributed by atoms with Crippen molar-refractivity contribution < 1.29 is 4.39 Å². The molecule has 0 spiro atoms. The third kappa shape index (κ3) is 3.58. The molecule has 20 heavy (non-hydrogen) atoms. The quantitative estimate of drug-likeness (QED) is 0.827. The largest absolute Gasteiger partial charge is 0.323 e. The number of halogens is 1. The zero-order chi connectivity index (χ0) is 14.1. The van der Waals surface area contributed by atoms with Gasteiger partial charge >= 0.3 is 0 Å². The summed E-state index contributed by atoms with van der Waals surface area (Å²) >= 11 is 0. The Morgan fingerprint density at radius 3 is 2.05 bits per heavy atom. The van der Waals surface area contributed by atoms with Crippen LogP contribution in [0.1, 0.15) is 44.2 Å². The van der Waals surface area contributed by atoms with E-state index in [4.69, 9.17) is 5.73 Å². The molecule has 2 unspecified atom stereocenters.